The Labute approximate surface area is 144 Å². The third-order valence-corrected chi connectivity index (χ3v) is 3.61. The van der Waals surface area contributed by atoms with Crippen LogP contribution in [-0.2, 0) is 4.79 Å². The molecule has 0 bridgehead atoms. The zero-order valence-corrected chi connectivity index (χ0v) is 15.1. The summed E-state index contributed by atoms with van der Waals surface area (Å²) in [5.74, 6) is 5.69. The lowest BCUT2D eigenvalue weighted by Gasteiger charge is -2.26. The van der Waals surface area contributed by atoms with E-state index in [4.69, 9.17) is 16.4 Å². The summed E-state index contributed by atoms with van der Waals surface area (Å²) in [6.07, 6.45) is 2.51. The normalized spacial score (nSPS) is 13.2. The Balaban J connectivity index is 4.42. The second kappa shape index (κ2) is 12.6. The van der Waals surface area contributed by atoms with Crippen molar-refractivity contribution in [2.24, 2.45) is 10.8 Å². The van der Waals surface area contributed by atoms with Crippen molar-refractivity contribution in [3.8, 4) is 0 Å². The first-order valence-electron chi connectivity index (χ1n) is 8.26. The Hall–Kier alpha value is -1.77. The molecule has 138 valence electrons. The highest BCUT2D eigenvalue weighted by atomic mass is 16.4. The molecule has 0 spiro atoms. The van der Waals surface area contributed by atoms with E-state index in [1.54, 1.807) is 13.1 Å². The van der Waals surface area contributed by atoms with E-state index in [0.717, 1.165) is 18.9 Å². The van der Waals surface area contributed by atoms with Crippen LogP contribution in [0.3, 0.4) is 0 Å². The smallest absolute Gasteiger partial charge is 0.322 e. The first-order valence-corrected chi connectivity index (χ1v) is 8.26. The van der Waals surface area contributed by atoms with Crippen LogP contribution in [0.2, 0.25) is 0 Å². The van der Waals surface area contributed by atoms with E-state index >= 15 is 0 Å². The lowest BCUT2D eigenvalue weighted by atomic mass is 10.2. The van der Waals surface area contributed by atoms with Gasteiger partial charge in [-0.3, -0.25) is 15.6 Å². The maximum Gasteiger partial charge on any atom is 0.322 e. The highest BCUT2D eigenvalue weighted by Crippen LogP contribution is 2.00. The van der Waals surface area contributed by atoms with E-state index in [2.05, 4.69) is 21.8 Å². The lowest BCUT2D eigenvalue weighted by molar-refractivity contribution is -0.143. The van der Waals surface area contributed by atoms with Gasteiger partial charge in [0.1, 0.15) is 11.9 Å². The maximum atomic E-state index is 11.1. The molecule has 0 radical (unpaired) electrons. The quantitative estimate of drug-likeness (QED) is 0.171. The number of hydrazine groups is 1. The van der Waals surface area contributed by atoms with Crippen LogP contribution in [0, 0.1) is 5.41 Å². The summed E-state index contributed by atoms with van der Waals surface area (Å²) in [7, 11) is 0. The van der Waals surface area contributed by atoms with Crippen LogP contribution < -0.4 is 11.2 Å². The molecule has 8 nitrogen and oxygen atoms in total. The van der Waals surface area contributed by atoms with E-state index in [1.807, 2.05) is 13.8 Å². The first kappa shape index (κ1) is 22.2. The Bertz CT molecular complexity index is 438. The molecule has 0 saturated carbocycles. The molecule has 0 amide bonds. The van der Waals surface area contributed by atoms with Crippen molar-refractivity contribution in [2.75, 3.05) is 32.7 Å². The van der Waals surface area contributed by atoms with Gasteiger partial charge in [0.05, 0.1) is 6.54 Å². The highest BCUT2D eigenvalue weighted by Gasteiger charge is 2.21. The van der Waals surface area contributed by atoms with Gasteiger partial charge >= 0.3 is 5.97 Å². The second-order valence-corrected chi connectivity index (χ2v) is 5.57. The Kier molecular flexibility index (Phi) is 11.7. The zero-order valence-electron chi connectivity index (χ0n) is 15.1. The largest absolute Gasteiger partial charge is 0.480 e. The van der Waals surface area contributed by atoms with E-state index < -0.39 is 12.0 Å². The predicted molar refractivity (Wildman–Crippen MR) is 98.4 cm³/mol. The number of hydrogen-bond donors (Lipinski definition) is 4. The first-order chi connectivity index (χ1) is 11.3. The fourth-order valence-electron chi connectivity index (χ4n) is 2.24. The molecule has 0 aromatic heterocycles. The lowest BCUT2D eigenvalue weighted by Crippen LogP contribution is -2.49. The number of aliphatic imine (C=N–C) groups is 1. The van der Waals surface area contributed by atoms with Crippen LogP contribution in [0.15, 0.2) is 17.8 Å². The number of nitrogens with two attached hydrogens (primary N) is 1. The standard InChI is InChI=1S/C16H32N6O2/c1-5-14(16(23)24)22(18)11-10-21(7-3)9-8-20-15(19-6-2)12-13(4)17/h6,14,17H,2,5,7-12,18H2,1,3-4H3,(H,19,20)(H,23,24). The van der Waals surface area contributed by atoms with Crippen LogP contribution in [-0.4, -0.2) is 71.3 Å². The molecular formula is C16H32N6O2. The van der Waals surface area contributed by atoms with Crippen molar-refractivity contribution in [3.05, 3.63) is 12.8 Å². The number of likely N-dealkylation sites (N-methyl/N-ethyl adjacent to an activating group) is 1. The molecule has 0 saturated heterocycles. The minimum absolute atomic E-state index is 0.474. The molecule has 0 heterocycles. The fraction of sp³-hybridized carbons (Fsp3) is 0.688. The summed E-state index contributed by atoms with van der Waals surface area (Å²) in [5, 5.41) is 21.0. The van der Waals surface area contributed by atoms with Crippen LogP contribution in [0.25, 0.3) is 0 Å². The van der Waals surface area contributed by atoms with E-state index in [1.165, 1.54) is 5.01 Å². The summed E-state index contributed by atoms with van der Waals surface area (Å²) in [5.41, 5.74) is 0.536. The molecule has 1 atom stereocenters. The van der Waals surface area contributed by atoms with Gasteiger partial charge in [0, 0.05) is 31.8 Å². The molecule has 0 aromatic rings. The molecular weight excluding hydrogens is 308 g/mol. The fourth-order valence-corrected chi connectivity index (χ4v) is 2.24. The Morgan fingerprint density at radius 3 is 2.54 bits per heavy atom. The summed E-state index contributed by atoms with van der Waals surface area (Å²) >= 11 is 0. The number of carboxylic acids is 1. The molecule has 0 rings (SSSR count). The van der Waals surface area contributed by atoms with Gasteiger partial charge in [0.25, 0.3) is 0 Å². The summed E-state index contributed by atoms with van der Waals surface area (Å²) in [4.78, 5) is 17.7. The number of amidine groups is 1. The van der Waals surface area contributed by atoms with Crippen LogP contribution >= 0.6 is 0 Å². The molecule has 0 aliphatic rings. The Morgan fingerprint density at radius 1 is 1.42 bits per heavy atom. The van der Waals surface area contributed by atoms with Gasteiger partial charge in [-0.25, -0.2) is 5.01 Å². The van der Waals surface area contributed by atoms with E-state index in [9.17, 15) is 4.79 Å². The number of rotatable bonds is 13. The number of nitrogens with one attached hydrogen (secondary N) is 2. The van der Waals surface area contributed by atoms with Gasteiger partial charge in [-0.15, -0.1) is 0 Å². The van der Waals surface area contributed by atoms with E-state index in [0.29, 0.717) is 38.2 Å². The highest BCUT2D eigenvalue weighted by molar-refractivity contribution is 6.01. The van der Waals surface area contributed by atoms with Gasteiger partial charge in [-0.05, 0) is 26.1 Å². The molecule has 5 N–H and O–H groups in total. The summed E-state index contributed by atoms with van der Waals surface area (Å²) in [6, 6.07) is -0.652. The average Bonchev–Trinajstić information content (AvgIpc) is 2.50. The number of nitrogens with zero attached hydrogens (tertiary/aromatic N) is 3. The van der Waals surface area contributed by atoms with Gasteiger partial charge in [-0.2, -0.15) is 0 Å². The number of hydrogen-bond acceptors (Lipinski definition) is 6. The number of carbonyl (C=O) groups is 1. The topological polar surface area (TPSA) is 118 Å². The molecule has 24 heavy (non-hydrogen) atoms. The predicted octanol–water partition coefficient (Wildman–Crippen LogP) is 0.909. The van der Waals surface area contributed by atoms with Crippen molar-refractivity contribution in [3.63, 3.8) is 0 Å². The third-order valence-electron chi connectivity index (χ3n) is 3.61. The van der Waals surface area contributed by atoms with Crippen LogP contribution in [0.1, 0.15) is 33.6 Å². The molecule has 1 unspecified atom stereocenters. The summed E-state index contributed by atoms with van der Waals surface area (Å²) < 4.78 is 0. The molecule has 0 aromatic carbocycles. The molecule has 0 aliphatic carbocycles. The third kappa shape index (κ3) is 9.39. The SMILES string of the molecule is C=CNC(CC(C)=N)=NCCN(CC)CCN(N)C(CC)C(=O)O. The van der Waals surface area contributed by atoms with Crippen molar-refractivity contribution in [1.29, 1.82) is 5.41 Å². The van der Waals surface area contributed by atoms with Gasteiger partial charge < -0.3 is 20.7 Å². The monoisotopic (exact) mass is 340 g/mol. The molecule has 0 fully saturated rings. The van der Waals surface area contributed by atoms with Crippen molar-refractivity contribution in [1.82, 2.24) is 15.2 Å². The molecule has 0 aliphatic heterocycles. The average molecular weight is 340 g/mol. The Morgan fingerprint density at radius 2 is 2.08 bits per heavy atom. The van der Waals surface area contributed by atoms with Gasteiger partial charge in [0.15, 0.2) is 0 Å². The molecule has 8 heteroatoms. The zero-order chi connectivity index (χ0) is 18.5. The summed E-state index contributed by atoms with van der Waals surface area (Å²) in [6.45, 7) is 12.5. The minimum atomic E-state index is -0.894. The van der Waals surface area contributed by atoms with Crippen LogP contribution in [0.4, 0.5) is 0 Å². The van der Waals surface area contributed by atoms with Crippen molar-refractivity contribution < 1.29 is 9.90 Å². The van der Waals surface area contributed by atoms with Crippen molar-refractivity contribution in [2.45, 2.75) is 39.7 Å². The van der Waals surface area contributed by atoms with Crippen LogP contribution in [0.5, 0.6) is 0 Å². The van der Waals surface area contributed by atoms with Gasteiger partial charge in [-0.1, -0.05) is 20.4 Å². The van der Waals surface area contributed by atoms with E-state index in [-0.39, 0.29) is 0 Å². The van der Waals surface area contributed by atoms with Crippen molar-refractivity contribution >= 4 is 17.5 Å². The minimum Gasteiger partial charge on any atom is -0.480 e. The second-order valence-electron chi connectivity index (χ2n) is 5.57. The maximum absolute atomic E-state index is 11.1. The number of aliphatic carboxylic acids is 1. The number of carboxylic acid groups (broad SMARTS) is 1. The van der Waals surface area contributed by atoms with Gasteiger partial charge in [0.2, 0.25) is 0 Å².